The molecule has 102 heavy (non-hydrogen) atoms. The molecule has 6 unspecified atom stereocenters. The molecule has 6 atom stereocenters. The van der Waals surface area contributed by atoms with Crippen molar-refractivity contribution < 1.29 is 63.8 Å². The number of rotatable bonds is 33. The van der Waals surface area contributed by atoms with Gasteiger partial charge in [0.25, 0.3) is 0 Å². The first-order chi connectivity index (χ1) is 48.1. The summed E-state index contributed by atoms with van der Waals surface area (Å²) < 4.78 is 136. The fourth-order valence-corrected chi connectivity index (χ4v) is 15.6. The minimum atomic E-state index is -6.71. The van der Waals surface area contributed by atoms with Crippen molar-refractivity contribution in [3.8, 4) is 11.5 Å². The molecule has 5 aromatic carbocycles. The number of alkyl halides is 8. The second kappa shape index (κ2) is 30.7. The van der Waals surface area contributed by atoms with Gasteiger partial charge in [-0.1, -0.05) is 182 Å². The number of ketones is 4. The van der Waals surface area contributed by atoms with Crippen LogP contribution in [0.2, 0.25) is 0 Å². The zero-order valence-corrected chi connectivity index (χ0v) is 61.0. The summed E-state index contributed by atoms with van der Waals surface area (Å²) in [6.45, 7) is 22.2. The van der Waals surface area contributed by atoms with Gasteiger partial charge in [0.1, 0.15) is 11.5 Å². The molecule has 10 rings (SSSR count). The normalized spacial score (nSPS) is 17.7. The predicted octanol–water partition coefficient (Wildman–Crippen LogP) is 22.9. The van der Waals surface area contributed by atoms with E-state index in [0.717, 1.165) is 145 Å². The van der Waals surface area contributed by atoms with Gasteiger partial charge in [0.15, 0.2) is 36.3 Å². The van der Waals surface area contributed by atoms with E-state index in [9.17, 15) is 19.2 Å². The maximum atomic E-state index is 15.5. The molecule has 16 heteroatoms. The smallest absolute Gasteiger partial charge is 0.381 e. The SMILES string of the molecule is CCCCC(CC)CN1C2=C3C=CC=CC3C(C(=O)c3ccc(OCC(F)(F)C(F)(F)C(F)(F)C(F)(F)COc4ccc(C(=O)c5cc6c7cc(C(=O)CC(C)CC(C)(C)C)ccc7n(CC(CC)CCCC)c6c6ccccc56)cc4)cc3)=CC2=C2C=C(C(=O)CC(C)CC(C)(C)C)C=CC21. The van der Waals surface area contributed by atoms with E-state index in [1.54, 1.807) is 12.1 Å². The average molecular weight is 1410 g/mol. The number of allylic oxidation sites excluding steroid dienone is 9. The Balaban J connectivity index is 0.838. The number of carbonyl (C=O) groups is 4. The van der Waals surface area contributed by atoms with E-state index >= 15 is 35.1 Å². The number of hydrogen-bond donors (Lipinski definition) is 0. The maximum Gasteiger partial charge on any atom is 0.381 e. The van der Waals surface area contributed by atoms with Crippen LogP contribution in [0.25, 0.3) is 32.6 Å². The van der Waals surface area contributed by atoms with Crippen molar-refractivity contribution in [3.63, 3.8) is 0 Å². The molecule has 4 aliphatic rings. The fraction of sp³-hybridized carbons (Fsp3) is 0.465. The lowest BCUT2D eigenvalue weighted by molar-refractivity contribution is -0.371. The number of halogens is 8. The molecule has 0 amide bonds. The molecule has 0 saturated carbocycles. The minimum absolute atomic E-state index is 0.000610. The van der Waals surface area contributed by atoms with Crippen molar-refractivity contribution in [2.24, 2.45) is 40.4 Å². The second-order valence-electron chi connectivity index (χ2n) is 31.4. The second-order valence-corrected chi connectivity index (χ2v) is 31.4. The van der Waals surface area contributed by atoms with Crippen LogP contribution >= 0.6 is 0 Å². The Hall–Kier alpha value is -8.14. The first-order valence-electron chi connectivity index (χ1n) is 36.4. The Kier molecular flexibility index (Phi) is 23.0. The van der Waals surface area contributed by atoms with Crippen LogP contribution in [0.3, 0.4) is 0 Å². The van der Waals surface area contributed by atoms with Crippen LogP contribution in [0.15, 0.2) is 179 Å². The Bertz CT molecular complexity index is 4360. The van der Waals surface area contributed by atoms with Crippen LogP contribution in [0.4, 0.5) is 35.1 Å². The van der Waals surface area contributed by atoms with E-state index in [2.05, 4.69) is 98.6 Å². The summed E-state index contributed by atoms with van der Waals surface area (Å²) in [4.78, 5) is 59.7. The largest absolute Gasteiger partial charge is 0.487 e. The molecule has 3 aliphatic carbocycles. The fourth-order valence-electron chi connectivity index (χ4n) is 15.6. The highest BCUT2D eigenvalue weighted by Gasteiger charge is 2.81. The monoisotopic (exact) mass is 1410 g/mol. The number of fused-ring (bicyclic) bond motifs is 8. The summed E-state index contributed by atoms with van der Waals surface area (Å²) in [6, 6.07) is 23.6. The quantitative estimate of drug-likeness (QED) is 0.0299. The van der Waals surface area contributed by atoms with E-state index in [4.69, 9.17) is 9.47 Å². The number of unbranched alkanes of at least 4 members (excludes halogenated alkanes) is 2. The van der Waals surface area contributed by atoms with Crippen molar-refractivity contribution in [1.29, 1.82) is 0 Å². The van der Waals surface area contributed by atoms with E-state index in [0.29, 0.717) is 53.3 Å². The van der Waals surface area contributed by atoms with Crippen LogP contribution in [-0.4, -0.2) is 82.1 Å². The number of carbonyl (C=O) groups excluding carboxylic acids is 4. The topological polar surface area (TPSA) is 94.9 Å². The van der Waals surface area contributed by atoms with Gasteiger partial charge >= 0.3 is 23.7 Å². The van der Waals surface area contributed by atoms with Crippen molar-refractivity contribution in [2.75, 3.05) is 19.8 Å². The van der Waals surface area contributed by atoms with Crippen molar-refractivity contribution in [1.82, 2.24) is 9.47 Å². The van der Waals surface area contributed by atoms with Gasteiger partial charge in [0, 0.05) is 98.2 Å². The first kappa shape index (κ1) is 76.5. The van der Waals surface area contributed by atoms with E-state index in [1.807, 2.05) is 78.9 Å². The lowest BCUT2D eigenvalue weighted by Crippen LogP contribution is -2.65. The molecule has 0 bridgehead atoms. The van der Waals surface area contributed by atoms with Gasteiger partial charge in [-0.15, -0.1) is 0 Å². The summed E-state index contributed by atoms with van der Waals surface area (Å²) in [5.41, 5.74) is 7.18. The van der Waals surface area contributed by atoms with Crippen LogP contribution in [0.1, 0.15) is 197 Å². The number of nitrogens with zero attached hydrogens (tertiary/aromatic N) is 2. The van der Waals surface area contributed by atoms with E-state index < -0.39 is 65.9 Å². The first-order valence-corrected chi connectivity index (χ1v) is 36.4. The molecule has 2 heterocycles. The molecule has 544 valence electrons. The lowest BCUT2D eigenvalue weighted by Gasteiger charge is -2.36. The maximum absolute atomic E-state index is 15.5. The standard InChI is InChI=1S/C86H98F8N2O6/c1-13-17-23-55(15-3)49-95-73-39-33-59(75(97)41-53(5)47-81(7,8)9)43-67(73)69-45-71(63-25-19-21-27-65(63)77(69)95)79(99)57-29-35-61(36-30-57)101-51-83(87,88)85(91,92)86(93,94)84(89,90)52-102-62-37-31-58(32-38-62)80(100)72-46-70-68-44-60(76(98)42-54(6)48-82(10,11)12)34-40-74(68)96(50-56(16-4)24-18-14-2)78(70)66-28-22-20-26-64(66)72/h19-22,25-40,43-46,53-56,63,73H,13-18,23-24,41-42,47-52H2,1-12H3. The Morgan fingerprint density at radius 2 is 1.07 bits per heavy atom. The Morgan fingerprint density at radius 3 is 1.62 bits per heavy atom. The Morgan fingerprint density at radius 1 is 0.539 bits per heavy atom. The summed E-state index contributed by atoms with van der Waals surface area (Å²) in [7, 11) is 0. The van der Waals surface area contributed by atoms with Crippen LogP contribution in [-0.2, 0) is 11.3 Å². The van der Waals surface area contributed by atoms with E-state index in [1.165, 1.54) is 24.3 Å². The Labute approximate surface area is 595 Å². The van der Waals surface area contributed by atoms with Gasteiger partial charge in [-0.2, -0.15) is 35.1 Å². The molecule has 0 saturated heterocycles. The summed E-state index contributed by atoms with van der Waals surface area (Å²) in [5.74, 6) is -26.8. The third-order valence-corrected chi connectivity index (χ3v) is 20.6. The van der Waals surface area contributed by atoms with Crippen LogP contribution in [0.5, 0.6) is 11.5 Å². The van der Waals surface area contributed by atoms with Crippen molar-refractivity contribution >= 4 is 55.7 Å². The van der Waals surface area contributed by atoms with Crippen LogP contribution < -0.4 is 9.47 Å². The number of hydrogen-bond acceptors (Lipinski definition) is 7. The molecule has 1 aliphatic heterocycles. The van der Waals surface area contributed by atoms with Gasteiger partial charge in [0.05, 0.1) is 11.6 Å². The molecule has 0 fully saturated rings. The molecule has 6 aromatic rings. The highest BCUT2D eigenvalue weighted by atomic mass is 19.4. The molecular weight excluding hydrogens is 1310 g/mol. The molecule has 1 aromatic heterocycles. The third-order valence-electron chi connectivity index (χ3n) is 20.6. The van der Waals surface area contributed by atoms with Crippen LogP contribution in [0, 0.1) is 40.4 Å². The lowest BCUT2D eigenvalue weighted by atomic mass is 9.76. The summed E-state index contributed by atoms with van der Waals surface area (Å²) >= 11 is 0. The molecular formula is C86H98F8N2O6. The van der Waals surface area contributed by atoms with Crippen molar-refractivity contribution in [2.45, 2.75) is 196 Å². The zero-order chi connectivity index (χ0) is 74.0. The summed E-state index contributed by atoms with van der Waals surface area (Å²) in [6.07, 6.45) is 25.9. The molecule has 0 N–H and O–H groups in total. The number of aromatic nitrogens is 1. The van der Waals surface area contributed by atoms with Gasteiger partial charge < -0.3 is 18.9 Å². The molecule has 0 spiro atoms. The number of benzene rings is 5. The number of Topliss-reactive ketones (excluding diaryl/α,β-unsaturated/α-hetero) is 3. The molecule has 8 nitrogen and oxygen atoms in total. The van der Waals surface area contributed by atoms with Gasteiger partial charge in [-0.25, -0.2) is 0 Å². The minimum Gasteiger partial charge on any atom is -0.487 e. The highest BCUT2D eigenvalue weighted by Crippen LogP contribution is 2.54. The zero-order valence-electron chi connectivity index (χ0n) is 61.0. The summed E-state index contributed by atoms with van der Waals surface area (Å²) in [5, 5.41) is 2.89. The van der Waals surface area contributed by atoms with Gasteiger partial charge in [-0.05, 0) is 162 Å². The average Bonchev–Trinajstić information content (AvgIpc) is 1.50. The third kappa shape index (κ3) is 16.1. The number of ether oxygens (including phenoxy) is 2. The highest BCUT2D eigenvalue weighted by molar-refractivity contribution is 6.26. The van der Waals surface area contributed by atoms with Gasteiger partial charge in [0.2, 0.25) is 0 Å². The van der Waals surface area contributed by atoms with Gasteiger partial charge in [-0.3, -0.25) is 19.2 Å². The van der Waals surface area contributed by atoms with E-state index in [-0.39, 0.29) is 57.0 Å². The predicted molar refractivity (Wildman–Crippen MR) is 392 cm³/mol. The molecule has 0 radical (unpaired) electrons. The van der Waals surface area contributed by atoms with Crippen molar-refractivity contribution in [3.05, 3.63) is 201 Å².